The van der Waals surface area contributed by atoms with Crippen LogP contribution in [-0.2, 0) is 11.2 Å². The van der Waals surface area contributed by atoms with Crippen molar-refractivity contribution in [2.75, 3.05) is 30.4 Å². The number of ether oxygens (including phenoxy) is 1. The summed E-state index contributed by atoms with van der Waals surface area (Å²) in [6.07, 6.45) is 2.00. The minimum Gasteiger partial charge on any atom is -0.495 e. The van der Waals surface area contributed by atoms with Gasteiger partial charge in [-0.15, -0.1) is 11.3 Å². The van der Waals surface area contributed by atoms with Gasteiger partial charge in [0, 0.05) is 6.54 Å². The lowest BCUT2D eigenvalue weighted by molar-refractivity contribution is -0.115. The number of hydrogen-bond acceptors (Lipinski definition) is 5. The fourth-order valence-electron chi connectivity index (χ4n) is 2.86. The van der Waals surface area contributed by atoms with Crippen LogP contribution in [0.3, 0.4) is 0 Å². The number of carbonyl (C=O) groups excluding carboxylic acids is 1. The van der Waals surface area contributed by atoms with Gasteiger partial charge in [0.05, 0.1) is 24.9 Å². The maximum absolute atomic E-state index is 12.4. The summed E-state index contributed by atoms with van der Waals surface area (Å²) in [6.45, 7) is 1.06. The van der Waals surface area contributed by atoms with E-state index in [0.29, 0.717) is 10.6 Å². The summed E-state index contributed by atoms with van der Waals surface area (Å²) in [5, 5.41) is 14.3. The van der Waals surface area contributed by atoms with Crippen LogP contribution in [-0.4, -0.2) is 26.1 Å². The molecule has 118 valence electrons. The van der Waals surface area contributed by atoms with Crippen molar-refractivity contribution in [3.05, 3.63) is 40.8 Å². The predicted molar refractivity (Wildman–Crippen MR) is 91.2 cm³/mol. The molecule has 23 heavy (non-hydrogen) atoms. The highest BCUT2D eigenvalue weighted by molar-refractivity contribution is 7.14. The molecule has 0 bridgehead atoms. The van der Waals surface area contributed by atoms with Crippen molar-refractivity contribution in [1.82, 2.24) is 0 Å². The van der Waals surface area contributed by atoms with Crippen LogP contribution in [0.2, 0.25) is 0 Å². The fourth-order valence-corrected chi connectivity index (χ4v) is 3.61. The molecule has 1 amide bonds. The third-order valence-electron chi connectivity index (χ3n) is 3.87. The Kier molecular flexibility index (Phi) is 4.49. The zero-order valence-corrected chi connectivity index (χ0v) is 13.7. The van der Waals surface area contributed by atoms with E-state index in [1.165, 1.54) is 16.9 Å². The number of fused-ring (bicyclic) bond motifs is 1. The molecule has 0 radical (unpaired) electrons. The number of anilines is 2. The van der Waals surface area contributed by atoms with Gasteiger partial charge in [0.25, 0.3) is 0 Å². The quantitative estimate of drug-likeness (QED) is 0.937. The average Bonchev–Trinajstić information content (AvgIpc) is 3.01. The molecule has 0 saturated heterocycles. The number of nitriles is 1. The maximum Gasteiger partial charge on any atom is 0.244 e. The zero-order chi connectivity index (χ0) is 16.2. The predicted octanol–water partition coefficient (Wildman–Crippen LogP) is 3.02. The second-order valence-electron chi connectivity index (χ2n) is 5.32. The van der Waals surface area contributed by atoms with Crippen molar-refractivity contribution in [3.63, 3.8) is 0 Å². The summed E-state index contributed by atoms with van der Waals surface area (Å²) in [4.78, 5) is 14.4. The van der Waals surface area contributed by atoms with Gasteiger partial charge in [-0.2, -0.15) is 5.26 Å². The Morgan fingerprint density at radius 1 is 1.48 bits per heavy atom. The number of hydrogen-bond donors (Lipinski definition) is 1. The van der Waals surface area contributed by atoms with E-state index in [1.807, 2.05) is 17.0 Å². The van der Waals surface area contributed by atoms with Gasteiger partial charge < -0.3 is 15.0 Å². The number of amides is 1. The lowest BCUT2D eigenvalue weighted by atomic mass is 10.0. The SMILES string of the molecule is COc1cccc2c1N(CC(=O)Nc1sccc1C#N)CCC2. The number of benzene rings is 1. The Bertz CT molecular complexity index is 749. The van der Waals surface area contributed by atoms with Crippen LogP contribution in [0.1, 0.15) is 17.5 Å². The normalized spacial score (nSPS) is 13.1. The molecule has 1 aromatic heterocycles. The number of nitrogens with zero attached hydrogens (tertiary/aromatic N) is 2. The minimum absolute atomic E-state index is 0.122. The van der Waals surface area contributed by atoms with Gasteiger partial charge in [-0.25, -0.2) is 0 Å². The Labute approximate surface area is 139 Å². The molecular weight excluding hydrogens is 310 g/mol. The van der Waals surface area contributed by atoms with E-state index in [9.17, 15) is 4.79 Å². The number of aryl methyl sites for hydroxylation is 1. The van der Waals surface area contributed by atoms with Gasteiger partial charge in [0.2, 0.25) is 5.91 Å². The highest BCUT2D eigenvalue weighted by Crippen LogP contribution is 2.36. The summed E-state index contributed by atoms with van der Waals surface area (Å²) in [5.41, 5.74) is 2.71. The fraction of sp³-hybridized carbons (Fsp3) is 0.294. The molecule has 0 saturated carbocycles. The Hall–Kier alpha value is -2.52. The van der Waals surface area contributed by atoms with Crippen molar-refractivity contribution in [2.24, 2.45) is 0 Å². The Balaban J connectivity index is 1.77. The van der Waals surface area contributed by atoms with Crippen LogP contribution >= 0.6 is 11.3 Å². The summed E-state index contributed by atoms with van der Waals surface area (Å²) in [5.74, 6) is 0.673. The highest BCUT2D eigenvalue weighted by Gasteiger charge is 2.23. The first-order valence-corrected chi connectivity index (χ1v) is 8.29. The van der Waals surface area contributed by atoms with Crippen LogP contribution in [0, 0.1) is 11.3 Å². The minimum atomic E-state index is -0.122. The number of rotatable bonds is 4. The first-order valence-electron chi connectivity index (χ1n) is 7.41. The van der Waals surface area contributed by atoms with E-state index in [2.05, 4.69) is 17.5 Å². The average molecular weight is 327 g/mol. The van der Waals surface area contributed by atoms with Crippen LogP contribution in [0.25, 0.3) is 0 Å². The third kappa shape index (κ3) is 3.15. The van der Waals surface area contributed by atoms with Gasteiger partial charge in [-0.05, 0) is 35.9 Å². The lowest BCUT2D eigenvalue weighted by Gasteiger charge is -2.32. The molecule has 0 spiro atoms. The van der Waals surface area contributed by atoms with E-state index in [0.717, 1.165) is 30.8 Å². The molecule has 1 aliphatic rings. The monoisotopic (exact) mass is 327 g/mol. The van der Waals surface area contributed by atoms with Gasteiger partial charge in [-0.3, -0.25) is 4.79 Å². The summed E-state index contributed by atoms with van der Waals surface area (Å²) < 4.78 is 5.45. The van der Waals surface area contributed by atoms with Crippen LogP contribution < -0.4 is 15.0 Å². The number of thiophene rings is 1. The molecule has 1 N–H and O–H groups in total. The summed E-state index contributed by atoms with van der Waals surface area (Å²) >= 11 is 1.36. The second-order valence-corrected chi connectivity index (χ2v) is 6.23. The van der Waals surface area contributed by atoms with Gasteiger partial charge in [0.1, 0.15) is 16.8 Å². The van der Waals surface area contributed by atoms with E-state index in [1.54, 1.807) is 18.6 Å². The van der Waals surface area contributed by atoms with E-state index >= 15 is 0 Å². The lowest BCUT2D eigenvalue weighted by Crippen LogP contribution is -2.37. The molecule has 1 aliphatic heterocycles. The molecule has 0 aliphatic carbocycles. The van der Waals surface area contributed by atoms with Crippen molar-refractivity contribution >= 4 is 27.9 Å². The Morgan fingerprint density at radius 3 is 3.13 bits per heavy atom. The summed E-state index contributed by atoms with van der Waals surface area (Å²) in [7, 11) is 1.65. The molecule has 6 heteroatoms. The molecular formula is C17H17N3O2S. The molecule has 3 rings (SSSR count). The highest BCUT2D eigenvalue weighted by atomic mass is 32.1. The molecule has 5 nitrogen and oxygen atoms in total. The second kappa shape index (κ2) is 6.71. The van der Waals surface area contributed by atoms with Crippen LogP contribution in [0.15, 0.2) is 29.6 Å². The first-order chi connectivity index (χ1) is 11.2. The number of para-hydroxylation sites is 1. The van der Waals surface area contributed by atoms with Gasteiger partial charge in [0.15, 0.2) is 0 Å². The van der Waals surface area contributed by atoms with Gasteiger partial charge >= 0.3 is 0 Å². The van der Waals surface area contributed by atoms with E-state index in [-0.39, 0.29) is 12.5 Å². The number of carbonyl (C=O) groups is 1. The van der Waals surface area contributed by atoms with E-state index < -0.39 is 0 Å². The zero-order valence-electron chi connectivity index (χ0n) is 12.8. The Morgan fingerprint density at radius 2 is 2.35 bits per heavy atom. The standard InChI is InChI=1S/C17H17N3O2S/c1-22-14-6-2-4-12-5-3-8-20(16(12)14)11-15(21)19-17-13(10-18)7-9-23-17/h2,4,6-7,9H,3,5,8,11H2,1H3,(H,19,21). The smallest absolute Gasteiger partial charge is 0.244 e. The topological polar surface area (TPSA) is 65.4 Å². The number of methoxy groups -OCH3 is 1. The van der Waals surface area contributed by atoms with Crippen molar-refractivity contribution in [1.29, 1.82) is 5.26 Å². The molecule has 0 unspecified atom stereocenters. The maximum atomic E-state index is 12.4. The van der Waals surface area contributed by atoms with Crippen molar-refractivity contribution in [2.45, 2.75) is 12.8 Å². The molecule has 1 aromatic carbocycles. The first kappa shape index (κ1) is 15.4. The molecule has 2 heterocycles. The van der Waals surface area contributed by atoms with E-state index in [4.69, 9.17) is 10.00 Å². The largest absolute Gasteiger partial charge is 0.495 e. The van der Waals surface area contributed by atoms with Crippen LogP contribution in [0.5, 0.6) is 5.75 Å². The molecule has 2 aromatic rings. The van der Waals surface area contributed by atoms with Crippen molar-refractivity contribution < 1.29 is 9.53 Å². The summed E-state index contributed by atoms with van der Waals surface area (Å²) in [6, 6.07) is 9.76. The molecule has 0 atom stereocenters. The number of nitrogens with one attached hydrogen (secondary N) is 1. The van der Waals surface area contributed by atoms with Crippen molar-refractivity contribution in [3.8, 4) is 11.8 Å². The third-order valence-corrected chi connectivity index (χ3v) is 4.70. The van der Waals surface area contributed by atoms with Gasteiger partial charge in [-0.1, -0.05) is 12.1 Å². The van der Waals surface area contributed by atoms with Crippen LogP contribution in [0.4, 0.5) is 10.7 Å². The molecule has 0 fully saturated rings.